The van der Waals surface area contributed by atoms with Crippen LogP contribution in [-0.2, 0) is 15.4 Å². The van der Waals surface area contributed by atoms with Crippen LogP contribution in [0.15, 0.2) is 77.7 Å². The molecular formula is C31H37N5O2S. The molecule has 1 aliphatic heterocycles. The number of hydrogen-bond acceptors (Lipinski definition) is 6. The molecule has 7 nitrogen and oxygen atoms in total. The number of fused-ring (bicyclic) bond motifs is 1. The molecule has 3 aromatic carbocycles. The Labute approximate surface area is 232 Å². The van der Waals surface area contributed by atoms with Crippen molar-refractivity contribution >= 4 is 32.4 Å². The molecule has 0 spiro atoms. The standard InChI is InChI=1S/C31H37N5O2S/c1-22-9-8-10-25(21-22)32-30-27-11-6-7-12-28(27)33-29(34-30)23(2)35-17-19-36(20-18-35)39(37,38)26-15-13-24(14-16-26)31(3,4)5/h6-16,21,23H,17-20H2,1-5H3,(H,32,33,34)/t23-/m1/s1. The number of rotatable bonds is 6. The van der Waals surface area contributed by atoms with E-state index in [0.717, 1.165) is 33.8 Å². The maximum atomic E-state index is 13.4. The first-order chi connectivity index (χ1) is 18.5. The summed E-state index contributed by atoms with van der Waals surface area (Å²) in [5, 5.41) is 4.45. The summed E-state index contributed by atoms with van der Waals surface area (Å²) in [6.45, 7) is 12.6. The highest BCUT2D eigenvalue weighted by atomic mass is 32.2. The third kappa shape index (κ3) is 5.83. The Kier molecular flexibility index (Phi) is 7.46. The molecule has 1 N–H and O–H groups in total. The van der Waals surface area contributed by atoms with Crippen LogP contribution < -0.4 is 5.32 Å². The SMILES string of the molecule is Cc1cccc(Nc2nc([C@@H](C)N3CCN(S(=O)(=O)c4ccc(C(C)(C)C)cc4)CC3)nc3ccccc23)c1. The normalized spacial score (nSPS) is 16.3. The first kappa shape index (κ1) is 27.2. The summed E-state index contributed by atoms with van der Waals surface area (Å²) in [6.07, 6.45) is 0. The fraction of sp³-hybridized carbons (Fsp3) is 0.355. The summed E-state index contributed by atoms with van der Waals surface area (Å²) in [5.74, 6) is 1.49. The van der Waals surface area contributed by atoms with Crippen LogP contribution in [0.1, 0.15) is 50.7 Å². The Hall–Kier alpha value is -3.33. The second-order valence-corrected chi connectivity index (χ2v) is 13.3. The fourth-order valence-corrected chi connectivity index (χ4v) is 6.43. The van der Waals surface area contributed by atoms with E-state index in [9.17, 15) is 8.42 Å². The van der Waals surface area contributed by atoms with Crippen LogP contribution >= 0.6 is 0 Å². The van der Waals surface area contributed by atoms with Crippen LogP contribution in [0.5, 0.6) is 0 Å². The summed E-state index contributed by atoms with van der Waals surface area (Å²) in [7, 11) is -3.55. The van der Waals surface area contributed by atoms with Gasteiger partial charge in [-0.3, -0.25) is 4.90 Å². The lowest BCUT2D eigenvalue weighted by Crippen LogP contribution is -2.49. The van der Waals surface area contributed by atoms with Gasteiger partial charge in [-0.2, -0.15) is 4.31 Å². The maximum absolute atomic E-state index is 13.4. The van der Waals surface area contributed by atoms with Gasteiger partial charge < -0.3 is 5.32 Å². The van der Waals surface area contributed by atoms with E-state index >= 15 is 0 Å². The number of hydrogen-bond donors (Lipinski definition) is 1. The predicted molar refractivity (Wildman–Crippen MR) is 158 cm³/mol. The highest BCUT2D eigenvalue weighted by molar-refractivity contribution is 7.89. The Morgan fingerprint density at radius 3 is 2.23 bits per heavy atom. The van der Waals surface area contributed by atoms with Crippen LogP contribution in [0.25, 0.3) is 10.9 Å². The zero-order chi connectivity index (χ0) is 27.8. The average Bonchev–Trinajstić information content (AvgIpc) is 2.92. The lowest BCUT2D eigenvalue weighted by atomic mass is 9.87. The third-order valence-corrected chi connectivity index (χ3v) is 9.37. The van der Waals surface area contributed by atoms with Gasteiger partial charge in [0.15, 0.2) is 0 Å². The zero-order valence-electron chi connectivity index (χ0n) is 23.3. The smallest absolute Gasteiger partial charge is 0.243 e. The van der Waals surface area contributed by atoms with E-state index in [1.54, 1.807) is 16.4 Å². The van der Waals surface area contributed by atoms with Gasteiger partial charge in [0.1, 0.15) is 11.6 Å². The summed E-state index contributed by atoms with van der Waals surface area (Å²) in [5.41, 5.74) is 4.12. The zero-order valence-corrected chi connectivity index (χ0v) is 24.2. The topological polar surface area (TPSA) is 78.4 Å². The number of nitrogens with zero attached hydrogens (tertiary/aromatic N) is 4. The second-order valence-electron chi connectivity index (χ2n) is 11.3. The van der Waals surface area contributed by atoms with Crippen LogP contribution in [0, 0.1) is 6.92 Å². The van der Waals surface area contributed by atoms with Crippen molar-refractivity contribution < 1.29 is 8.42 Å². The minimum atomic E-state index is -3.55. The molecular weight excluding hydrogens is 506 g/mol. The minimum Gasteiger partial charge on any atom is -0.340 e. The molecule has 2 heterocycles. The Morgan fingerprint density at radius 1 is 0.872 bits per heavy atom. The van der Waals surface area contributed by atoms with Crippen LogP contribution in [0.2, 0.25) is 0 Å². The minimum absolute atomic E-state index is 0.0235. The second kappa shape index (κ2) is 10.7. The molecule has 8 heteroatoms. The van der Waals surface area contributed by atoms with Gasteiger partial charge in [0.2, 0.25) is 10.0 Å². The third-order valence-electron chi connectivity index (χ3n) is 7.45. The summed E-state index contributed by atoms with van der Waals surface area (Å²) >= 11 is 0. The highest BCUT2D eigenvalue weighted by Gasteiger charge is 2.31. The molecule has 0 radical (unpaired) electrons. The van der Waals surface area contributed by atoms with Crippen molar-refractivity contribution in [3.05, 3.63) is 89.7 Å². The molecule has 204 valence electrons. The molecule has 0 aliphatic carbocycles. The summed E-state index contributed by atoms with van der Waals surface area (Å²) in [4.78, 5) is 12.4. The quantitative estimate of drug-likeness (QED) is 0.319. The van der Waals surface area contributed by atoms with E-state index in [1.165, 1.54) is 5.56 Å². The van der Waals surface area contributed by atoms with Gasteiger partial charge in [-0.1, -0.05) is 57.2 Å². The van der Waals surface area contributed by atoms with Gasteiger partial charge >= 0.3 is 0 Å². The average molecular weight is 544 g/mol. The molecule has 1 atom stereocenters. The molecule has 5 rings (SSSR count). The Bertz CT molecular complexity index is 1570. The van der Waals surface area contributed by atoms with Crippen molar-refractivity contribution in [2.24, 2.45) is 0 Å². The van der Waals surface area contributed by atoms with Crippen molar-refractivity contribution in [3.63, 3.8) is 0 Å². The molecule has 1 aromatic heterocycles. The summed E-state index contributed by atoms with van der Waals surface area (Å²) in [6, 6.07) is 23.5. The Morgan fingerprint density at radius 2 is 1.56 bits per heavy atom. The van der Waals surface area contributed by atoms with E-state index in [2.05, 4.69) is 57.0 Å². The van der Waals surface area contributed by atoms with Crippen LogP contribution in [-0.4, -0.2) is 53.8 Å². The monoisotopic (exact) mass is 543 g/mol. The number of sulfonamides is 1. The lowest BCUT2D eigenvalue weighted by Gasteiger charge is -2.37. The molecule has 0 unspecified atom stereocenters. The predicted octanol–water partition coefficient (Wildman–Crippen LogP) is 6.05. The molecule has 0 bridgehead atoms. The largest absolute Gasteiger partial charge is 0.340 e. The van der Waals surface area contributed by atoms with Gasteiger partial charge in [0.25, 0.3) is 0 Å². The fourth-order valence-electron chi connectivity index (χ4n) is 5.01. The number of para-hydroxylation sites is 1. The molecule has 0 amide bonds. The number of nitrogens with one attached hydrogen (secondary N) is 1. The van der Waals surface area contributed by atoms with Gasteiger partial charge in [-0.05, 0) is 66.8 Å². The molecule has 0 saturated carbocycles. The van der Waals surface area contributed by atoms with E-state index < -0.39 is 10.0 Å². The van der Waals surface area contributed by atoms with Crippen LogP contribution in [0.3, 0.4) is 0 Å². The number of aromatic nitrogens is 2. The number of benzene rings is 3. The van der Waals surface area contributed by atoms with E-state index in [0.29, 0.717) is 31.1 Å². The van der Waals surface area contributed by atoms with E-state index in [1.807, 2.05) is 48.5 Å². The maximum Gasteiger partial charge on any atom is 0.243 e. The van der Waals surface area contributed by atoms with E-state index in [4.69, 9.17) is 9.97 Å². The number of anilines is 2. The number of aryl methyl sites for hydroxylation is 1. The van der Waals surface area contributed by atoms with Crippen molar-refractivity contribution in [2.75, 3.05) is 31.5 Å². The van der Waals surface area contributed by atoms with Crippen molar-refractivity contribution in [1.82, 2.24) is 19.2 Å². The van der Waals surface area contributed by atoms with E-state index in [-0.39, 0.29) is 11.5 Å². The molecule has 1 saturated heterocycles. The van der Waals surface area contributed by atoms with Crippen molar-refractivity contribution in [2.45, 2.75) is 51.0 Å². The van der Waals surface area contributed by atoms with Gasteiger partial charge in [-0.25, -0.2) is 18.4 Å². The highest BCUT2D eigenvalue weighted by Crippen LogP contribution is 2.29. The van der Waals surface area contributed by atoms with Gasteiger partial charge in [0.05, 0.1) is 16.5 Å². The van der Waals surface area contributed by atoms with Crippen molar-refractivity contribution in [3.8, 4) is 0 Å². The van der Waals surface area contributed by atoms with Crippen LogP contribution in [0.4, 0.5) is 11.5 Å². The van der Waals surface area contributed by atoms with Gasteiger partial charge in [-0.15, -0.1) is 0 Å². The molecule has 1 aliphatic rings. The molecule has 1 fully saturated rings. The molecule has 39 heavy (non-hydrogen) atoms. The summed E-state index contributed by atoms with van der Waals surface area (Å²) < 4.78 is 28.3. The van der Waals surface area contributed by atoms with Gasteiger partial charge in [0, 0.05) is 37.3 Å². The first-order valence-electron chi connectivity index (χ1n) is 13.5. The lowest BCUT2D eigenvalue weighted by molar-refractivity contribution is 0.141. The number of piperazine rings is 1. The molecule has 4 aromatic rings. The van der Waals surface area contributed by atoms with Crippen molar-refractivity contribution in [1.29, 1.82) is 0 Å². The Balaban J connectivity index is 1.33. The first-order valence-corrected chi connectivity index (χ1v) is 14.9.